The molecular weight excluding hydrogens is 535 g/mol. The fourth-order valence-electron chi connectivity index (χ4n) is 3.18. The summed E-state index contributed by atoms with van der Waals surface area (Å²) < 4.78 is 59.5. The van der Waals surface area contributed by atoms with Gasteiger partial charge < -0.3 is 14.8 Å². The predicted molar refractivity (Wildman–Crippen MR) is 123 cm³/mol. The monoisotopic (exact) mass is 545 g/mol. The molecule has 0 saturated heterocycles. The lowest BCUT2D eigenvalue weighted by Gasteiger charge is -2.15. The molecule has 1 heterocycles. The molecule has 0 atom stereocenters. The number of halogens is 5. The van der Waals surface area contributed by atoms with Gasteiger partial charge in [-0.25, -0.2) is 13.2 Å². The average Bonchev–Trinajstić information content (AvgIpc) is 3.20. The van der Waals surface area contributed by atoms with Crippen molar-refractivity contribution in [1.82, 2.24) is 4.98 Å². The third-order valence-electron chi connectivity index (χ3n) is 4.88. The second-order valence-electron chi connectivity index (χ2n) is 7.07. The number of carboxylic acid groups (broad SMARTS) is 1. The number of carboxylic acids is 1. The summed E-state index contributed by atoms with van der Waals surface area (Å²) in [6.45, 7) is 0. The molecule has 0 aliphatic carbocycles. The standard InChI is InChI=1S/C22H12Cl3F2NO5S/c23-12-1-4-14(5-2-12)34(31,32)19-10-28-18-6-3-13(9-15(18)19)33-20-16(24)7-11(8-17(20)25)22(26,27)21(29)30/h1-10,28H,(H,29,30). The van der Waals surface area contributed by atoms with Crippen LogP contribution in [-0.2, 0) is 20.6 Å². The van der Waals surface area contributed by atoms with Crippen molar-refractivity contribution in [2.24, 2.45) is 0 Å². The lowest BCUT2D eigenvalue weighted by Crippen LogP contribution is -2.25. The molecule has 0 fully saturated rings. The Morgan fingerprint density at radius 1 is 0.971 bits per heavy atom. The molecule has 2 N–H and O–H groups in total. The van der Waals surface area contributed by atoms with Crippen LogP contribution in [-0.4, -0.2) is 24.5 Å². The molecule has 0 unspecified atom stereocenters. The number of hydrogen-bond donors (Lipinski definition) is 2. The molecule has 0 aliphatic heterocycles. The van der Waals surface area contributed by atoms with E-state index in [2.05, 4.69) is 4.98 Å². The van der Waals surface area contributed by atoms with E-state index in [9.17, 15) is 22.0 Å². The zero-order valence-electron chi connectivity index (χ0n) is 16.7. The molecule has 176 valence electrons. The van der Waals surface area contributed by atoms with Crippen molar-refractivity contribution in [3.8, 4) is 11.5 Å². The maximum Gasteiger partial charge on any atom is 0.379 e. The number of ether oxygens (including phenoxy) is 1. The van der Waals surface area contributed by atoms with Crippen LogP contribution in [0.15, 0.2) is 70.6 Å². The van der Waals surface area contributed by atoms with Gasteiger partial charge in [0.25, 0.3) is 0 Å². The number of H-pyrrole nitrogens is 1. The molecule has 0 aliphatic rings. The first-order chi connectivity index (χ1) is 15.9. The first-order valence-electron chi connectivity index (χ1n) is 9.31. The van der Waals surface area contributed by atoms with Crippen molar-refractivity contribution in [2.45, 2.75) is 15.7 Å². The lowest BCUT2D eigenvalue weighted by atomic mass is 10.1. The molecule has 12 heteroatoms. The molecular formula is C22H12Cl3F2NO5S. The number of nitrogens with one attached hydrogen (secondary N) is 1. The number of alkyl halides is 2. The second-order valence-corrected chi connectivity index (χ2v) is 10.2. The van der Waals surface area contributed by atoms with Gasteiger partial charge in [-0.15, -0.1) is 0 Å². The SMILES string of the molecule is O=C(O)C(F)(F)c1cc(Cl)c(Oc2ccc3[nH]cc(S(=O)(=O)c4ccc(Cl)cc4)c3c2)c(Cl)c1. The third-order valence-corrected chi connectivity index (χ3v) is 7.50. The minimum absolute atomic E-state index is 0.0242. The van der Waals surface area contributed by atoms with Crippen molar-refractivity contribution < 1.29 is 31.8 Å². The van der Waals surface area contributed by atoms with Crippen molar-refractivity contribution in [3.05, 3.63) is 81.4 Å². The van der Waals surface area contributed by atoms with E-state index < -0.39 is 27.3 Å². The number of sulfone groups is 1. The topological polar surface area (TPSA) is 96.5 Å². The molecule has 3 aromatic carbocycles. The van der Waals surface area contributed by atoms with E-state index in [0.29, 0.717) is 15.9 Å². The van der Waals surface area contributed by atoms with Crippen molar-refractivity contribution in [3.63, 3.8) is 0 Å². The highest BCUT2D eigenvalue weighted by molar-refractivity contribution is 7.91. The van der Waals surface area contributed by atoms with Gasteiger partial charge in [-0.2, -0.15) is 8.78 Å². The Balaban J connectivity index is 1.74. The van der Waals surface area contributed by atoms with Crippen LogP contribution in [0.2, 0.25) is 15.1 Å². The molecule has 1 aromatic heterocycles. The summed E-state index contributed by atoms with van der Waals surface area (Å²) in [5.41, 5.74) is -0.423. The number of aliphatic carboxylic acids is 1. The van der Waals surface area contributed by atoms with Crippen LogP contribution in [0.3, 0.4) is 0 Å². The van der Waals surface area contributed by atoms with E-state index >= 15 is 0 Å². The van der Waals surface area contributed by atoms with Crippen LogP contribution in [0.1, 0.15) is 5.56 Å². The molecule has 6 nitrogen and oxygen atoms in total. The second kappa shape index (κ2) is 8.74. The van der Waals surface area contributed by atoms with Gasteiger partial charge in [0.05, 0.1) is 19.8 Å². The molecule has 34 heavy (non-hydrogen) atoms. The predicted octanol–water partition coefficient (Wildman–Crippen LogP) is 6.93. The van der Waals surface area contributed by atoms with Crippen LogP contribution >= 0.6 is 34.8 Å². The quantitative estimate of drug-likeness (QED) is 0.273. The first-order valence-corrected chi connectivity index (χ1v) is 11.9. The molecule has 0 bridgehead atoms. The van der Waals surface area contributed by atoms with Gasteiger partial charge in [-0.3, -0.25) is 0 Å². The zero-order valence-corrected chi connectivity index (χ0v) is 19.7. The van der Waals surface area contributed by atoms with Crippen molar-refractivity contribution >= 4 is 61.5 Å². The first kappa shape index (κ1) is 24.3. The number of aromatic amines is 1. The Bertz CT molecular complexity index is 1510. The molecule has 4 rings (SSSR count). The van der Waals surface area contributed by atoms with Gasteiger partial charge in [0, 0.05) is 27.7 Å². The van der Waals surface area contributed by atoms with E-state index in [1.165, 1.54) is 42.6 Å². The van der Waals surface area contributed by atoms with E-state index in [1.54, 1.807) is 6.07 Å². The van der Waals surface area contributed by atoms with Gasteiger partial charge >= 0.3 is 11.9 Å². The maximum absolute atomic E-state index is 13.8. The highest BCUT2D eigenvalue weighted by Gasteiger charge is 2.42. The smallest absolute Gasteiger partial charge is 0.379 e. The Hall–Kier alpha value is -2.85. The lowest BCUT2D eigenvalue weighted by molar-refractivity contribution is -0.166. The summed E-state index contributed by atoms with van der Waals surface area (Å²) in [5, 5.41) is 8.70. The fraction of sp³-hybridized carbons (Fsp3) is 0.0455. The van der Waals surface area contributed by atoms with E-state index in [0.717, 1.165) is 12.1 Å². The number of rotatable bonds is 6. The molecule has 0 radical (unpaired) electrons. The minimum atomic E-state index is -4.21. The highest BCUT2D eigenvalue weighted by Crippen LogP contribution is 2.42. The van der Waals surface area contributed by atoms with Crippen LogP contribution < -0.4 is 4.74 Å². The van der Waals surface area contributed by atoms with Crippen LogP contribution in [0.5, 0.6) is 11.5 Å². The van der Waals surface area contributed by atoms with E-state index in [4.69, 9.17) is 44.6 Å². The molecule has 0 saturated carbocycles. The van der Waals surface area contributed by atoms with Crippen LogP contribution in [0.25, 0.3) is 10.9 Å². The van der Waals surface area contributed by atoms with Gasteiger partial charge in [0.15, 0.2) is 5.75 Å². The summed E-state index contributed by atoms with van der Waals surface area (Å²) in [6.07, 6.45) is 1.33. The summed E-state index contributed by atoms with van der Waals surface area (Å²) in [5.74, 6) is -6.66. The zero-order chi connectivity index (χ0) is 24.8. The summed E-state index contributed by atoms with van der Waals surface area (Å²) in [6, 6.07) is 11.6. The van der Waals surface area contributed by atoms with Gasteiger partial charge in [-0.1, -0.05) is 34.8 Å². The van der Waals surface area contributed by atoms with Gasteiger partial charge in [0.2, 0.25) is 9.84 Å². The summed E-state index contributed by atoms with van der Waals surface area (Å²) in [7, 11) is -3.91. The molecule has 0 spiro atoms. The number of hydrogen-bond acceptors (Lipinski definition) is 4. The van der Waals surface area contributed by atoms with Gasteiger partial charge in [-0.05, 0) is 54.6 Å². The van der Waals surface area contributed by atoms with E-state index in [1.807, 2.05) is 0 Å². The summed E-state index contributed by atoms with van der Waals surface area (Å²) in [4.78, 5) is 13.7. The largest absolute Gasteiger partial charge is 0.477 e. The normalized spacial score (nSPS) is 12.1. The number of benzene rings is 3. The van der Waals surface area contributed by atoms with Crippen molar-refractivity contribution in [1.29, 1.82) is 0 Å². The fourth-order valence-corrected chi connectivity index (χ4v) is 5.29. The number of carbonyl (C=O) groups is 1. The van der Waals surface area contributed by atoms with E-state index in [-0.39, 0.29) is 31.3 Å². The van der Waals surface area contributed by atoms with Crippen molar-refractivity contribution in [2.75, 3.05) is 0 Å². The average molecular weight is 547 g/mol. The Morgan fingerprint density at radius 3 is 2.18 bits per heavy atom. The molecule has 0 amide bonds. The highest BCUT2D eigenvalue weighted by atomic mass is 35.5. The van der Waals surface area contributed by atoms with Crippen LogP contribution in [0.4, 0.5) is 8.78 Å². The molecule has 4 aromatic rings. The Labute approximate surface area is 206 Å². The Kier molecular flexibility index (Phi) is 6.24. The minimum Gasteiger partial charge on any atom is -0.477 e. The van der Waals surface area contributed by atoms with Gasteiger partial charge in [0.1, 0.15) is 5.75 Å². The third kappa shape index (κ3) is 4.32. The summed E-state index contributed by atoms with van der Waals surface area (Å²) >= 11 is 17.9. The number of fused-ring (bicyclic) bond motifs is 1. The number of aromatic nitrogens is 1. The maximum atomic E-state index is 13.8. The van der Waals surface area contributed by atoms with Crippen LogP contribution in [0, 0.1) is 0 Å². The Morgan fingerprint density at radius 2 is 1.59 bits per heavy atom.